The van der Waals surface area contributed by atoms with Crippen LogP contribution in [0.4, 0.5) is 0 Å². The molecule has 1 fully saturated rings. The zero-order chi connectivity index (χ0) is 12.2. The Bertz CT molecular complexity index is 197. The second kappa shape index (κ2) is 6.27. The number of thioether (sulfide) groups is 1. The maximum atomic E-state index is 6.27. The molecule has 1 aliphatic rings. The SMILES string of the molecule is CCC(N)C(SC1CCOCC1)C(C)(C)C. The molecular weight excluding hydrogens is 218 g/mol. The average Bonchev–Trinajstić information content (AvgIpc) is 2.25. The lowest BCUT2D eigenvalue weighted by atomic mass is 9.87. The Morgan fingerprint density at radius 2 is 1.88 bits per heavy atom. The summed E-state index contributed by atoms with van der Waals surface area (Å²) in [6.45, 7) is 11.0. The van der Waals surface area contributed by atoms with Crippen molar-refractivity contribution in [3.8, 4) is 0 Å². The fourth-order valence-electron chi connectivity index (χ4n) is 2.18. The van der Waals surface area contributed by atoms with Crippen molar-refractivity contribution in [3.05, 3.63) is 0 Å². The molecule has 0 radical (unpaired) electrons. The van der Waals surface area contributed by atoms with Crippen LogP contribution in [0, 0.1) is 5.41 Å². The summed E-state index contributed by atoms with van der Waals surface area (Å²) in [7, 11) is 0. The molecule has 2 nitrogen and oxygen atoms in total. The highest BCUT2D eigenvalue weighted by atomic mass is 32.2. The monoisotopic (exact) mass is 245 g/mol. The fourth-order valence-corrected chi connectivity index (χ4v) is 3.86. The van der Waals surface area contributed by atoms with Gasteiger partial charge in [0, 0.05) is 29.8 Å². The van der Waals surface area contributed by atoms with Crippen molar-refractivity contribution >= 4 is 11.8 Å². The highest BCUT2D eigenvalue weighted by Gasteiger charge is 2.32. The van der Waals surface area contributed by atoms with Gasteiger partial charge in [-0.2, -0.15) is 11.8 Å². The minimum absolute atomic E-state index is 0.290. The summed E-state index contributed by atoms with van der Waals surface area (Å²) < 4.78 is 5.41. The van der Waals surface area contributed by atoms with E-state index < -0.39 is 0 Å². The van der Waals surface area contributed by atoms with Gasteiger partial charge in [-0.15, -0.1) is 0 Å². The fraction of sp³-hybridized carbons (Fsp3) is 1.00. The maximum Gasteiger partial charge on any atom is 0.0476 e. The van der Waals surface area contributed by atoms with Gasteiger partial charge in [0.1, 0.15) is 0 Å². The summed E-state index contributed by atoms with van der Waals surface area (Å²) >= 11 is 2.10. The van der Waals surface area contributed by atoms with Gasteiger partial charge in [0.2, 0.25) is 0 Å². The lowest BCUT2D eigenvalue weighted by Gasteiger charge is -2.37. The molecule has 3 heteroatoms. The largest absolute Gasteiger partial charge is 0.381 e. The molecule has 0 spiro atoms. The minimum Gasteiger partial charge on any atom is -0.381 e. The zero-order valence-corrected chi connectivity index (χ0v) is 12.0. The molecule has 1 rings (SSSR count). The number of ether oxygens (including phenoxy) is 1. The van der Waals surface area contributed by atoms with Gasteiger partial charge >= 0.3 is 0 Å². The first-order valence-electron chi connectivity index (χ1n) is 6.44. The van der Waals surface area contributed by atoms with Crippen molar-refractivity contribution in [1.29, 1.82) is 0 Å². The van der Waals surface area contributed by atoms with Crippen LogP contribution in [0.3, 0.4) is 0 Å². The molecule has 0 aliphatic carbocycles. The second-order valence-corrected chi connectivity index (χ2v) is 7.25. The molecule has 0 amide bonds. The van der Waals surface area contributed by atoms with E-state index in [-0.39, 0.29) is 0 Å². The molecule has 0 saturated carbocycles. The van der Waals surface area contributed by atoms with Crippen molar-refractivity contribution in [1.82, 2.24) is 0 Å². The van der Waals surface area contributed by atoms with Crippen molar-refractivity contribution in [2.75, 3.05) is 13.2 Å². The molecule has 2 unspecified atom stereocenters. The molecule has 2 N–H and O–H groups in total. The highest BCUT2D eigenvalue weighted by molar-refractivity contribution is 8.00. The molecule has 0 bridgehead atoms. The molecule has 16 heavy (non-hydrogen) atoms. The number of hydrogen-bond acceptors (Lipinski definition) is 3. The summed E-state index contributed by atoms with van der Waals surface area (Å²) in [6.07, 6.45) is 3.44. The Hall–Kier alpha value is 0.270. The smallest absolute Gasteiger partial charge is 0.0476 e. The van der Waals surface area contributed by atoms with E-state index in [1.807, 2.05) is 0 Å². The van der Waals surface area contributed by atoms with Gasteiger partial charge in [-0.1, -0.05) is 27.7 Å². The van der Waals surface area contributed by atoms with E-state index in [0.717, 1.165) is 24.9 Å². The highest BCUT2D eigenvalue weighted by Crippen LogP contribution is 2.38. The Morgan fingerprint density at radius 1 is 1.31 bits per heavy atom. The van der Waals surface area contributed by atoms with Crippen LogP contribution in [0.25, 0.3) is 0 Å². The van der Waals surface area contributed by atoms with E-state index in [2.05, 4.69) is 39.5 Å². The van der Waals surface area contributed by atoms with Gasteiger partial charge in [0.25, 0.3) is 0 Å². The molecule has 1 saturated heterocycles. The van der Waals surface area contributed by atoms with Crippen molar-refractivity contribution < 1.29 is 4.74 Å². The Balaban J connectivity index is 2.55. The van der Waals surface area contributed by atoms with Gasteiger partial charge in [-0.3, -0.25) is 0 Å². The van der Waals surface area contributed by atoms with E-state index in [1.54, 1.807) is 0 Å². The second-order valence-electron chi connectivity index (χ2n) is 5.81. The van der Waals surface area contributed by atoms with Crippen LogP contribution in [0.1, 0.15) is 47.0 Å². The summed E-state index contributed by atoms with van der Waals surface area (Å²) in [5.41, 5.74) is 6.56. The first kappa shape index (κ1) is 14.3. The Labute approximate surface area is 105 Å². The lowest BCUT2D eigenvalue weighted by Crippen LogP contribution is -2.42. The molecule has 1 heterocycles. The van der Waals surface area contributed by atoms with Crippen LogP contribution in [-0.4, -0.2) is 29.8 Å². The van der Waals surface area contributed by atoms with E-state index >= 15 is 0 Å². The maximum absolute atomic E-state index is 6.27. The normalized spacial score (nSPS) is 23.1. The quantitative estimate of drug-likeness (QED) is 0.827. The third-order valence-corrected chi connectivity index (χ3v) is 5.43. The van der Waals surface area contributed by atoms with Crippen molar-refractivity contribution in [2.24, 2.45) is 11.1 Å². The molecule has 1 aliphatic heterocycles. The molecular formula is C13H27NOS. The van der Waals surface area contributed by atoms with E-state index in [9.17, 15) is 0 Å². The van der Waals surface area contributed by atoms with Crippen LogP contribution in [0.2, 0.25) is 0 Å². The first-order valence-corrected chi connectivity index (χ1v) is 7.38. The molecule has 96 valence electrons. The number of hydrogen-bond donors (Lipinski definition) is 1. The first-order chi connectivity index (χ1) is 7.45. The van der Waals surface area contributed by atoms with Crippen LogP contribution in [0.5, 0.6) is 0 Å². The van der Waals surface area contributed by atoms with Crippen molar-refractivity contribution in [3.63, 3.8) is 0 Å². The summed E-state index contributed by atoms with van der Waals surface area (Å²) in [5, 5.41) is 1.30. The van der Waals surface area contributed by atoms with Gasteiger partial charge in [-0.25, -0.2) is 0 Å². The molecule has 0 aromatic rings. The van der Waals surface area contributed by atoms with Crippen molar-refractivity contribution in [2.45, 2.75) is 63.5 Å². The van der Waals surface area contributed by atoms with E-state index in [4.69, 9.17) is 10.5 Å². The topological polar surface area (TPSA) is 35.2 Å². The summed E-state index contributed by atoms with van der Waals surface area (Å²) in [4.78, 5) is 0. The van der Waals surface area contributed by atoms with E-state index in [0.29, 0.717) is 16.7 Å². The lowest BCUT2D eigenvalue weighted by molar-refractivity contribution is 0.0997. The predicted molar refractivity (Wildman–Crippen MR) is 72.9 cm³/mol. The summed E-state index contributed by atoms with van der Waals surface area (Å²) in [5.74, 6) is 0. The van der Waals surface area contributed by atoms with E-state index in [1.165, 1.54) is 12.8 Å². The number of nitrogens with two attached hydrogens (primary N) is 1. The minimum atomic E-state index is 0.290. The van der Waals surface area contributed by atoms with Gasteiger partial charge < -0.3 is 10.5 Å². The summed E-state index contributed by atoms with van der Waals surface area (Å²) in [6, 6.07) is 0.313. The third-order valence-electron chi connectivity index (χ3n) is 3.22. The van der Waals surface area contributed by atoms with Gasteiger partial charge in [0.15, 0.2) is 0 Å². The standard InChI is InChI=1S/C13H27NOS/c1-5-11(14)12(13(2,3)4)16-10-6-8-15-9-7-10/h10-12H,5-9,14H2,1-4H3. The molecule has 2 atom stereocenters. The van der Waals surface area contributed by atoms with Gasteiger partial charge in [0.05, 0.1) is 0 Å². The van der Waals surface area contributed by atoms with Crippen LogP contribution in [-0.2, 0) is 4.74 Å². The third kappa shape index (κ3) is 4.27. The average molecular weight is 245 g/mol. The van der Waals surface area contributed by atoms with Crippen LogP contribution < -0.4 is 5.73 Å². The van der Waals surface area contributed by atoms with Crippen LogP contribution in [0.15, 0.2) is 0 Å². The zero-order valence-electron chi connectivity index (χ0n) is 11.2. The van der Waals surface area contributed by atoms with Crippen LogP contribution >= 0.6 is 11.8 Å². The predicted octanol–water partition coefficient (Wildman–Crippen LogP) is 3.05. The Morgan fingerprint density at radius 3 is 2.31 bits per heavy atom. The molecule has 0 aromatic heterocycles. The molecule has 0 aromatic carbocycles. The number of rotatable bonds is 4. The Kier molecular flexibility index (Phi) is 5.62. The van der Waals surface area contributed by atoms with Gasteiger partial charge in [-0.05, 0) is 24.7 Å².